The third kappa shape index (κ3) is 4.33. The summed E-state index contributed by atoms with van der Waals surface area (Å²) in [7, 11) is 0. The van der Waals surface area contributed by atoms with E-state index in [0.717, 1.165) is 5.56 Å². The molecule has 2 aromatic carbocycles. The van der Waals surface area contributed by atoms with Gasteiger partial charge >= 0.3 is 6.09 Å². The fourth-order valence-electron chi connectivity index (χ4n) is 1.85. The van der Waals surface area contributed by atoms with Gasteiger partial charge in [0.25, 0.3) is 0 Å². The molecule has 0 fully saturated rings. The third-order valence-electron chi connectivity index (χ3n) is 2.90. The summed E-state index contributed by atoms with van der Waals surface area (Å²) in [5.74, 6) is 0.237. The van der Waals surface area contributed by atoms with Gasteiger partial charge in [0.2, 0.25) is 0 Å². The Hall–Kier alpha value is -2.34. The van der Waals surface area contributed by atoms with Gasteiger partial charge in [0, 0.05) is 5.56 Å². The lowest BCUT2D eigenvalue weighted by Crippen LogP contribution is -2.10. The minimum atomic E-state index is -1.21. The number of nitrogens with one attached hydrogen (secondary N) is 1. The molecule has 0 bridgehead atoms. The predicted molar refractivity (Wildman–Crippen MR) is 87.0 cm³/mol. The maximum atomic E-state index is 11.7. The summed E-state index contributed by atoms with van der Waals surface area (Å²) in [4.78, 5) is 22.6. The summed E-state index contributed by atoms with van der Waals surface area (Å²) in [6, 6.07) is 14.2. The number of hydrogen-bond donors (Lipinski definition) is 2. The minimum Gasteiger partial charge on any atom is -0.487 e. The highest BCUT2D eigenvalue weighted by Crippen LogP contribution is 2.27. The van der Waals surface area contributed by atoms with Crippen molar-refractivity contribution in [2.45, 2.75) is 6.61 Å². The van der Waals surface area contributed by atoms with Gasteiger partial charge in [0.1, 0.15) is 12.4 Å². The highest BCUT2D eigenvalue weighted by atomic mass is 79.9. The van der Waals surface area contributed by atoms with E-state index in [1.807, 2.05) is 30.3 Å². The highest BCUT2D eigenvalue weighted by molar-refractivity contribution is 9.09. The largest absolute Gasteiger partial charge is 0.487 e. The number of ketones is 1. The molecular weight excluding hydrogens is 350 g/mol. The molecule has 5 nitrogen and oxygen atoms in total. The molecule has 6 heteroatoms. The Balaban J connectivity index is 2.21. The van der Waals surface area contributed by atoms with Crippen molar-refractivity contribution >= 4 is 33.5 Å². The second kappa shape index (κ2) is 7.61. The van der Waals surface area contributed by atoms with Gasteiger partial charge in [-0.1, -0.05) is 46.3 Å². The Kier molecular flexibility index (Phi) is 5.55. The molecule has 114 valence electrons. The molecule has 0 saturated carbocycles. The van der Waals surface area contributed by atoms with E-state index in [0.29, 0.717) is 17.9 Å². The highest BCUT2D eigenvalue weighted by Gasteiger charge is 2.12. The van der Waals surface area contributed by atoms with Gasteiger partial charge in [-0.25, -0.2) is 4.79 Å². The third-order valence-corrected chi connectivity index (χ3v) is 3.41. The molecular formula is C16H14BrNO4. The number of amides is 1. The number of rotatable bonds is 6. The van der Waals surface area contributed by atoms with Gasteiger partial charge in [-0.3, -0.25) is 10.1 Å². The fourth-order valence-corrected chi connectivity index (χ4v) is 2.18. The zero-order valence-electron chi connectivity index (χ0n) is 11.6. The molecule has 1 amide bonds. The molecule has 0 unspecified atom stereocenters. The van der Waals surface area contributed by atoms with E-state index in [2.05, 4.69) is 21.2 Å². The SMILES string of the molecule is O=C(O)Nc1cc(C(=O)CBr)ccc1OCc1ccccc1. The zero-order valence-corrected chi connectivity index (χ0v) is 13.2. The lowest BCUT2D eigenvalue weighted by molar-refractivity contribution is 0.102. The van der Waals surface area contributed by atoms with Crippen LogP contribution in [0.1, 0.15) is 15.9 Å². The zero-order chi connectivity index (χ0) is 15.9. The van der Waals surface area contributed by atoms with Crippen LogP contribution in [0.15, 0.2) is 48.5 Å². The summed E-state index contributed by atoms with van der Waals surface area (Å²) >= 11 is 3.09. The van der Waals surface area contributed by atoms with Crippen LogP contribution >= 0.6 is 15.9 Å². The lowest BCUT2D eigenvalue weighted by Gasteiger charge is -2.12. The van der Waals surface area contributed by atoms with E-state index >= 15 is 0 Å². The van der Waals surface area contributed by atoms with Gasteiger partial charge in [-0.15, -0.1) is 0 Å². The molecule has 0 radical (unpaired) electrons. The van der Waals surface area contributed by atoms with Crippen molar-refractivity contribution in [1.82, 2.24) is 0 Å². The average Bonchev–Trinajstić information content (AvgIpc) is 2.53. The predicted octanol–water partition coefficient (Wildman–Crippen LogP) is 3.93. The van der Waals surface area contributed by atoms with Crippen molar-refractivity contribution in [1.29, 1.82) is 0 Å². The molecule has 0 aromatic heterocycles. The summed E-state index contributed by atoms with van der Waals surface area (Å²) in [6.45, 7) is 0.306. The van der Waals surface area contributed by atoms with Crippen LogP contribution in [0, 0.1) is 0 Å². The standard InChI is InChI=1S/C16H14BrNO4/c17-9-14(19)12-6-7-15(13(8-12)18-16(20)21)22-10-11-4-2-1-3-5-11/h1-8,18H,9-10H2,(H,20,21). The van der Waals surface area contributed by atoms with E-state index in [9.17, 15) is 9.59 Å². The smallest absolute Gasteiger partial charge is 0.409 e. The van der Waals surface area contributed by atoms with E-state index < -0.39 is 6.09 Å². The molecule has 0 aliphatic carbocycles. The van der Waals surface area contributed by atoms with E-state index in [1.165, 1.54) is 6.07 Å². The Morgan fingerprint density at radius 2 is 1.86 bits per heavy atom. The second-order valence-electron chi connectivity index (χ2n) is 4.47. The Labute approximate surface area is 136 Å². The Morgan fingerprint density at radius 3 is 2.50 bits per heavy atom. The Bertz CT molecular complexity index is 673. The van der Waals surface area contributed by atoms with Crippen LogP contribution in [0.3, 0.4) is 0 Å². The number of hydrogen-bond acceptors (Lipinski definition) is 3. The van der Waals surface area contributed by atoms with Gasteiger partial charge in [-0.05, 0) is 23.8 Å². The van der Waals surface area contributed by atoms with Gasteiger partial charge in [0.15, 0.2) is 5.78 Å². The van der Waals surface area contributed by atoms with E-state index in [1.54, 1.807) is 12.1 Å². The molecule has 2 rings (SSSR count). The van der Waals surface area contributed by atoms with E-state index in [-0.39, 0.29) is 16.8 Å². The van der Waals surface area contributed by atoms with Gasteiger partial charge in [-0.2, -0.15) is 0 Å². The number of ether oxygens (including phenoxy) is 1. The first kappa shape index (κ1) is 16.0. The molecule has 0 atom stereocenters. The normalized spacial score (nSPS) is 10.0. The first-order valence-corrected chi connectivity index (χ1v) is 7.62. The molecule has 0 spiro atoms. The van der Waals surface area contributed by atoms with Crippen LogP contribution in [0.25, 0.3) is 0 Å². The number of carboxylic acid groups (broad SMARTS) is 1. The number of carbonyl (C=O) groups is 2. The van der Waals surface area contributed by atoms with Crippen molar-refractivity contribution in [3.05, 3.63) is 59.7 Å². The molecule has 22 heavy (non-hydrogen) atoms. The number of carbonyl (C=O) groups excluding carboxylic acids is 1. The van der Waals surface area contributed by atoms with Crippen molar-refractivity contribution in [3.63, 3.8) is 0 Å². The molecule has 2 N–H and O–H groups in total. The minimum absolute atomic E-state index is 0.136. The summed E-state index contributed by atoms with van der Waals surface area (Å²) in [5.41, 5.74) is 1.62. The molecule has 2 aromatic rings. The lowest BCUT2D eigenvalue weighted by atomic mass is 10.1. The van der Waals surface area contributed by atoms with Crippen molar-refractivity contribution in [3.8, 4) is 5.75 Å². The van der Waals surface area contributed by atoms with Crippen LogP contribution < -0.4 is 10.1 Å². The maximum absolute atomic E-state index is 11.7. The first-order chi connectivity index (χ1) is 10.6. The van der Waals surface area contributed by atoms with Crippen molar-refractivity contribution in [2.24, 2.45) is 0 Å². The number of Topliss-reactive ketones (excluding diaryl/α,β-unsaturated/α-hetero) is 1. The fraction of sp³-hybridized carbons (Fsp3) is 0.125. The molecule has 0 saturated heterocycles. The molecule has 0 aliphatic rings. The quantitative estimate of drug-likeness (QED) is 0.602. The number of benzene rings is 2. The van der Waals surface area contributed by atoms with E-state index in [4.69, 9.17) is 9.84 Å². The van der Waals surface area contributed by atoms with Crippen LogP contribution in [0.2, 0.25) is 0 Å². The second-order valence-corrected chi connectivity index (χ2v) is 5.03. The van der Waals surface area contributed by atoms with Crippen LogP contribution in [-0.2, 0) is 6.61 Å². The summed E-state index contributed by atoms with van der Waals surface area (Å²) in [5, 5.41) is 11.3. The van der Waals surface area contributed by atoms with Crippen LogP contribution in [-0.4, -0.2) is 22.3 Å². The molecule has 0 heterocycles. The summed E-state index contributed by atoms with van der Waals surface area (Å²) < 4.78 is 5.64. The number of anilines is 1. The maximum Gasteiger partial charge on any atom is 0.409 e. The van der Waals surface area contributed by atoms with Crippen molar-refractivity contribution < 1.29 is 19.4 Å². The van der Waals surface area contributed by atoms with Crippen LogP contribution in [0.4, 0.5) is 10.5 Å². The number of alkyl halides is 1. The van der Waals surface area contributed by atoms with Gasteiger partial charge in [0.05, 0.1) is 11.0 Å². The number of halogens is 1. The van der Waals surface area contributed by atoms with Crippen LogP contribution in [0.5, 0.6) is 5.75 Å². The molecule has 0 aliphatic heterocycles. The monoisotopic (exact) mass is 363 g/mol. The summed E-state index contributed by atoms with van der Waals surface area (Å²) in [6.07, 6.45) is -1.21. The average molecular weight is 364 g/mol. The topological polar surface area (TPSA) is 75.6 Å². The van der Waals surface area contributed by atoms with Gasteiger partial charge < -0.3 is 9.84 Å². The Morgan fingerprint density at radius 1 is 1.14 bits per heavy atom. The first-order valence-electron chi connectivity index (χ1n) is 6.50. The van der Waals surface area contributed by atoms with Crippen molar-refractivity contribution in [2.75, 3.05) is 10.6 Å².